The number of aryl methyl sites for hydroxylation is 1. The van der Waals surface area contributed by atoms with Gasteiger partial charge in [0.1, 0.15) is 5.71 Å². The van der Waals surface area contributed by atoms with Crippen molar-refractivity contribution < 1.29 is 18.0 Å². The number of hydrogen-bond acceptors (Lipinski definition) is 6. The molecule has 0 radical (unpaired) electrons. The number of carbonyl (C=O) groups excluding carboxylic acids is 2. The Morgan fingerprint density at radius 2 is 1.83 bits per heavy atom. The SMILES string of the molecule is CS(=O)(=O)c1ccc(N2N=C(C=O)CC3=C2c2cc(NC=O)ccc2CC3)cc1. The normalized spacial score (nSPS) is 15.9. The van der Waals surface area contributed by atoms with Gasteiger partial charge in [0.25, 0.3) is 0 Å². The Morgan fingerprint density at radius 3 is 2.48 bits per heavy atom. The molecule has 0 atom stereocenters. The van der Waals surface area contributed by atoms with E-state index in [0.717, 1.165) is 47.8 Å². The van der Waals surface area contributed by atoms with Crippen LogP contribution in [-0.4, -0.2) is 33.1 Å². The molecular formula is C21H19N3O4S. The van der Waals surface area contributed by atoms with Crippen LogP contribution in [0.2, 0.25) is 0 Å². The molecule has 1 N–H and O–H groups in total. The van der Waals surface area contributed by atoms with Crippen molar-refractivity contribution in [3.63, 3.8) is 0 Å². The molecule has 0 fully saturated rings. The number of carbonyl (C=O) groups is 2. The molecule has 0 aromatic heterocycles. The summed E-state index contributed by atoms with van der Waals surface area (Å²) >= 11 is 0. The Balaban J connectivity index is 1.84. The molecule has 7 nitrogen and oxygen atoms in total. The topological polar surface area (TPSA) is 95.9 Å². The second-order valence-electron chi connectivity index (χ2n) is 7.05. The van der Waals surface area contributed by atoms with Crippen molar-refractivity contribution in [1.82, 2.24) is 0 Å². The molecule has 0 saturated heterocycles. The number of benzene rings is 2. The molecule has 1 amide bonds. The Kier molecular flexibility index (Phi) is 4.79. The summed E-state index contributed by atoms with van der Waals surface area (Å²) in [5, 5.41) is 8.87. The minimum atomic E-state index is -3.31. The fraction of sp³-hybridized carbons (Fsp3) is 0.190. The molecule has 2 aliphatic rings. The first-order valence-corrected chi connectivity index (χ1v) is 11.0. The number of hydrazone groups is 1. The second-order valence-corrected chi connectivity index (χ2v) is 9.07. The summed E-state index contributed by atoms with van der Waals surface area (Å²) in [6.07, 6.45) is 4.65. The average molecular weight is 409 g/mol. The van der Waals surface area contributed by atoms with E-state index in [2.05, 4.69) is 10.4 Å². The maximum atomic E-state index is 11.8. The highest BCUT2D eigenvalue weighted by atomic mass is 32.2. The van der Waals surface area contributed by atoms with E-state index >= 15 is 0 Å². The number of rotatable bonds is 5. The number of allylic oxidation sites excluding steroid dienone is 1. The maximum absolute atomic E-state index is 11.8. The molecule has 1 aliphatic carbocycles. The van der Waals surface area contributed by atoms with Gasteiger partial charge >= 0.3 is 0 Å². The molecule has 0 bridgehead atoms. The van der Waals surface area contributed by atoms with Crippen LogP contribution in [0.4, 0.5) is 11.4 Å². The van der Waals surface area contributed by atoms with Crippen molar-refractivity contribution in [2.24, 2.45) is 5.10 Å². The third kappa shape index (κ3) is 3.58. The summed E-state index contributed by atoms with van der Waals surface area (Å²) in [5.74, 6) is 0. The molecule has 1 aliphatic heterocycles. The summed E-state index contributed by atoms with van der Waals surface area (Å²) < 4.78 is 23.6. The van der Waals surface area contributed by atoms with Crippen molar-refractivity contribution in [2.45, 2.75) is 24.2 Å². The van der Waals surface area contributed by atoms with Gasteiger partial charge in [0.15, 0.2) is 16.1 Å². The lowest BCUT2D eigenvalue weighted by Gasteiger charge is -2.34. The van der Waals surface area contributed by atoms with Crippen molar-refractivity contribution in [3.8, 4) is 0 Å². The number of hydrogen-bond donors (Lipinski definition) is 1. The van der Waals surface area contributed by atoms with Gasteiger partial charge in [-0.1, -0.05) is 6.07 Å². The molecule has 0 saturated carbocycles. The Hall–Kier alpha value is -3.26. The summed E-state index contributed by atoms with van der Waals surface area (Å²) in [6, 6.07) is 12.2. The van der Waals surface area contributed by atoms with Crippen LogP contribution >= 0.6 is 0 Å². The monoisotopic (exact) mass is 409 g/mol. The van der Waals surface area contributed by atoms with Gasteiger partial charge in [-0.15, -0.1) is 0 Å². The van der Waals surface area contributed by atoms with Crippen LogP contribution < -0.4 is 10.3 Å². The standard InChI is InChI=1S/C21H19N3O4S/c1-29(27,28)19-8-6-18(7-9-19)24-21-15(10-17(12-25)23-24)3-2-14-4-5-16(22-13-26)11-20(14)21/h4-9,11-13H,2-3,10H2,1H3,(H,22,26). The average Bonchev–Trinajstić information content (AvgIpc) is 2.72. The van der Waals surface area contributed by atoms with E-state index in [4.69, 9.17) is 0 Å². The van der Waals surface area contributed by atoms with Gasteiger partial charge in [0.2, 0.25) is 6.41 Å². The highest BCUT2D eigenvalue weighted by Crippen LogP contribution is 2.41. The lowest BCUT2D eigenvalue weighted by molar-refractivity contribution is -0.105. The molecule has 2 aromatic rings. The van der Waals surface area contributed by atoms with Crippen LogP contribution in [0.1, 0.15) is 24.0 Å². The molecule has 148 valence electrons. The van der Waals surface area contributed by atoms with Crippen molar-refractivity contribution in [2.75, 3.05) is 16.6 Å². The minimum Gasteiger partial charge on any atom is -0.329 e. The maximum Gasteiger partial charge on any atom is 0.211 e. The lowest BCUT2D eigenvalue weighted by Crippen LogP contribution is -2.28. The zero-order valence-corrected chi connectivity index (χ0v) is 16.6. The minimum absolute atomic E-state index is 0.216. The predicted molar refractivity (Wildman–Crippen MR) is 112 cm³/mol. The number of fused-ring (bicyclic) bond motifs is 2. The number of sulfone groups is 1. The number of amides is 1. The fourth-order valence-corrected chi connectivity index (χ4v) is 4.35. The number of nitrogens with zero attached hydrogens (tertiary/aromatic N) is 2. The zero-order chi connectivity index (χ0) is 20.6. The van der Waals surface area contributed by atoms with Crippen molar-refractivity contribution in [1.29, 1.82) is 0 Å². The Morgan fingerprint density at radius 1 is 1.07 bits per heavy atom. The Labute approximate surface area is 168 Å². The molecular weight excluding hydrogens is 390 g/mol. The third-order valence-corrected chi connectivity index (χ3v) is 6.23. The van der Waals surface area contributed by atoms with Crippen LogP contribution in [0.15, 0.2) is 58.0 Å². The highest BCUT2D eigenvalue weighted by molar-refractivity contribution is 7.90. The van der Waals surface area contributed by atoms with Gasteiger partial charge in [-0.25, -0.2) is 13.4 Å². The summed E-state index contributed by atoms with van der Waals surface area (Å²) in [5.41, 5.74) is 5.78. The first-order valence-electron chi connectivity index (χ1n) is 9.09. The van der Waals surface area contributed by atoms with E-state index in [1.54, 1.807) is 17.1 Å². The van der Waals surface area contributed by atoms with Gasteiger partial charge in [0, 0.05) is 23.9 Å². The zero-order valence-electron chi connectivity index (χ0n) is 15.8. The van der Waals surface area contributed by atoms with E-state index < -0.39 is 9.84 Å². The van der Waals surface area contributed by atoms with Gasteiger partial charge < -0.3 is 5.32 Å². The lowest BCUT2D eigenvalue weighted by atomic mass is 9.85. The van der Waals surface area contributed by atoms with Gasteiger partial charge in [-0.2, -0.15) is 5.10 Å². The third-order valence-electron chi connectivity index (χ3n) is 5.10. The summed E-state index contributed by atoms with van der Waals surface area (Å²) in [6.45, 7) is 0. The Bertz CT molecular complexity index is 1160. The van der Waals surface area contributed by atoms with Crippen molar-refractivity contribution in [3.05, 3.63) is 59.2 Å². The molecule has 2 aromatic carbocycles. The van der Waals surface area contributed by atoms with Crippen LogP contribution in [0, 0.1) is 0 Å². The smallest absolute Gasteiger partial charge is 0.211 e. The van der Waals surface area contributed by atoms with Crippen LogP contribution in [0.25, 0.3) is 5.70 Å². The highest BCUT2D eigenvalue weighted by Gasteiger charge is 2.29. The molecule has 0 unspecified atom stereocenters. The quantitative estimate of drug-likeness (QED) is 0.766. The van der Waals surface area contributed by atoms with E-state index in [9.17, 15) is 18.0 Å². The van der Waals surface area contributed by atoms with Crippen molar-refractivity contribution >= 4 is 45.3 Å². The molecule has 1 heterocycles. The molecule has 4 rings (SSSR count). The van der Waals surface area contributed by atoms with E-state index in [-0.39, 0.29) is 4.90 Å². The first-order chi connectivity index (χ1) is 13.9. The largest absolute Gasteiger partial charge is 0.329 e. The number of aldehydes is 1. The van der Waals surface area contributed by atoms with Crippen LogP contribution in [0.5, 0.6) is 0 Å². The van der Waals surface area contributed by atoms with Gasteiger partial charge in [-0.05, 0) is 60.4 Å². The van der Waals surface area contributed by atoms with Crippen LogP contribution in [-0.2, 0) is 25.8 Å². The van der Waals surface area contributed by atoms with Crippen LogP contribution in [0.3, 0.4) is 0 Å². The fourth-order valence-electron chi connectivity index (χ4n) is 3.72. The first kappa shape index (κ1) is 19.1. The van der Waals surface area contributed by atoms with E-state index in [1.165, 1.54) is 12.1 Å². The number of nitrogens with one attached hydrogen (secondary N) is 1. The van der Waals surface area contributed by atoms with Gasteiger partial charge in [-0.3, -0.25) is 9.59 Å². The van der Waals surface area contributed by atoms with E-state index in [1.807, 2.05) is 18.2 Å². The summed E-state index contributed by atoms with van der Waals surface area (Å²) in [7, 11) is -3.31. The molecule has 29 heavy (non-hydrogen) atoms. The molecule has 8 heteroatoms. The second kappa shape index (κ2) is 7.29. The predicted octanol–water partition coefficient (Wildman–Crippen LogP) is 2.78. The van der Waals surface area contributed by atoms with E-state index in [0.29, 0.717) is 29.9 Å². The number of anilines is 2. The summed E-state index contributed by atoms with van der Waals surface area (Å²) in [4.78, 5) is 22.6. The van der Waals surface area contributed by atoms with Gasteiger partial charge in [0.05, 0.1) is 16.3 Å². The molecule has 0 spiro atoms.